The molecule has 0 spiro atoms. The minimum absolute atomic E-state index is 0.107. The predicted octanol–water partition coefficient (Wildman–Crippen LogP) is 2.87. The van der Waals surface area contributed by atoms with Gasteiger partial charge in [0.15, 0.2) is 0 Å². The van der Waals surface area contributed by atoms with Gasteiger partial charge in [0, 0.05) is 5.69 Å². The Morgan fingerprint density at radius 1 is 1.35 bits per heavy atom. The number of nitrogens with two attached hydrogens (primary N) is 1. The summed E-state index contributed by atoms with van der Waals surface area (Å²) in [6, 6.07) is 11.5. The van der Waals surface area contributed by atoms with Crippen molar-refractivity contribution in [1.29, 1.82) is 0 Å². The highest BCUT2D eigenvalue weighted by Crippen LogP contribution is 2.18. The van der Waals surface area contributed by atoms with E-state index in [0.29, 0.717) is 11.4 Å². The molecule has 0 atom stereocenters. The van der Waals surface area contributed by atoms with Crippen molar-refractivity contribution in [3.63, 3.8) is 0 Å². The number of hydrogen-bond donors (Lipinski definition) is 2. The zero-order chi connectivity index (χ0) is 14.4. The molecule has 1 aromatic heterocycles. The molecular weight excluding hydrogens is 268 g/mol. The topological polar surface area (TPSA) is 55.1 Å². The van der Waals surface area contributed by atoms with Crippen molar-refractivity contribution in [1.82, 2.24) is 0 Å². The zero-order valence-corrected chi connectivity index (χ0v) is 12.1. The maximum absolute atomic E-state index is 12.1. The second-order valence-electron chi connectivity index (χ2n) is 4.18. The van der Waals surface area contributed by atoms with Gasteiger partial charge in [0.1, 0.15) is 0 Å². The number of anilines is 1. The Balaban J connectivity index is 2.09. The summed E-state index contributed by atoms with van der Waals surface area (Å²) in [6.45, 7) is 2.41. The molecule has 0 saturated heterocycles. The molecule has 0 aliphatic rings. The molecule has 0 aliphatic carbocycles. The molecule has 3 nitrogen and oxygen atoms in total. The van der Waals surface area contributed by atoms with Crippen LogP contribution < -0.4 is 11.1 Å². The van der Waals surface area contributed by atoms with Crippen LogP contribution in [0.2, 0.25) is 0 Å². The number of rotatable bonds is 3. The third-order valence-electron chi connectivity index (χ3n) is 2.74. The van der Waals surface area contributed by atoms with Gasteiger partial charge in [0.05, 0.1) is 16.3 Å². The number of hydrogen-bond acceptors (Lipinski definition) is 3. The Hall–Kier alpha value is -2.09. The van der Waals surface area contributed by atoms with Crippen molar-refractivity contribution in [2.75, 3.05) is 11.9 Å². The van der Waals surface area contributed by atoms with Gasteiger partial charge in [-0.05, 0) is 36.2 Å². The third-order valence-corrected chi connectivity index (χ3v) is 3.74. The lowest BCUT2D eigenvalue weighted by molar-refractivity contribution is 0.103. The first-order valence-corrected chi connectivity index (χ1v) is 7.23. The molecule has 1 heterocycles. The van der Waals surface area contributed by atoms with Crippen LogP contribution in [0.15, 0.2) is 36.4 Å². The lowest BCUT2D eigenvalue weighted by atomic mass is 10.1. The van der Waals surface area contributed by atoms with E-state index in [0.717, 1.165) is 17.0 Å². The molecule has 0 unspecified atom stereocenters. The monoisotopic (exact) mass is 284 g/mol. The van der Waals surface area contributed by atoms with Crippen LogP contribution in [0, 0.1) is 11.8 Å². The van der Waals surface area contributed by atoms with Crippen molar-refractivity contribution >= 4 is 22.9 Å². The fourth-order valence-corrected chi connectivity index (χ4v) is 2.50. The highest BCUT2D eigenvalue weighted by Gasteiger charge is 2.09. The Morgan fingerprint density at radius 3 is 2.95 bits per heavy atom. The van der Waals surface area contributed by atoms with Crippen molar-refractivity contribution in [3.8, 4) is 11.8 Å². The van der Waals surface area contributed by atoms with E-state index < -0.39 is 0 Å². The van der Waals surface area contributed by atoms with Crippen molar-refractivity contribution < 1.29 is 4.79 Å². The first-order valence-electron chi connectivity index (χ1n) is 6.42. The summed E-state index contributed by atoms with van der Waals surface area (Å²) >= 11 is 1.37. The molecule has 4 heteroatoms. The normalized spacial score (nSPS) is 9.70. The molecule has 1 amide bonds. The van der Waals surface area contributed by atoms with Crippen molar-refractivity contribution in [2.24, 2.45) is 5.73 Å². The van der Waals surface area contributed by atoms with E-state index in [1.165, 1.54) is 16.9 Å². The molecule has 2 aromatic rings. The van der Waals surface area contributed by atoms with Crippen LogP contribution in [0.5, 0.6) is 0 Å². The Morgan fingerprint density at radius 2 is 2.20 bits per heavy atom. The van der Waals surface area contributed by atoms with E-state index in [2.05, 4.69) is 24.1 Å². The molecule has 2 rings (SSSR count). The maximum atomic E-state index is 12.1. The fourth-order valence-electron chi connectivity index (χ4n) is 1.73. The van der Waals surface area contributed by atoms with E-state index in [1.807, 2.05) is 30.3 Å². The molecule has 0 aliphatic heterocycles. The van der Waals surface area contributed by atoms with Crippen LogP contribution in [0.3, 0.4) is 0 Å². The van der Waals surface area contributed by atoms with Crippen LogP contribution in [-0.2, 0) is 6.42 Å². The average molecular weight is 284 g/mol. The summed E-state index contributed by atoms with van der Waals surface area (Å²) in [7, 11) is 0. The molecule has 1 aromatic carbocycles. The number of nitrogens with one attached hydrogen (secondary N) is 1. The third kappa shape index (κ3) is 3.70. The zero-order valence-electron chi connectivity index (χ0n) is 11.3. The van der Waals surface area contributed by atoms with Crippen LogP contribution in [-0.4, -0.2) is 12.5 Å². The lowest BCUT2D eigenvalue weighted by Crippen LogP contribution is -2.10. The number of carbonyl (C=O) groups excluding carboxylic acids is 1. The number of carbonyl (C=O) groups is 1. The van der Waals surface area contributed by atoms with Gasteiger partial charge >= 0.3 is 0 Å². The summed E-state index contributed by atoms with van der Waals surface area (Å²) in [5.41, 5.74) is 7.34. The van der Waals surface area contributed by atoms with Gasteiger partial charge in [-0.2, -0.15) is 0 Å². The second kappa shape index (κ2) is 6.90. The number of aryl methyl sites for hydroxylation is 1. The number of benzene rings is 1. The van der Waals surface area contributed by atoms with Crippen LogP contribution in [0.4, 0.5) is 5.69 Å². The summed E-state index contributed by atoms with van der Waals surface area (Å²) in [4.78, 5) is 13.6. The lowest BCUT2D eigenvalue weighted by Gasteiger charge is -2.05. The van der Waals surface area contributed by atoms with Crippen LogP contribution in [0.25, 0.3) is 0 Å². The fraction of sp³-hybridized carbons (Fsp3) is 0.188. The first kappa shape index (κ1) is 14.3. The van der Waals surface area contributed by atoms with E-state index in [1.54, 1.807) is 6.07 Å². The molecule has 0 bridgehead atoms. The van der Waals surface area contributed by atoms with Crippen LogP contribution >= 0.6 is 11.3 Å². The van der Waals surface area contributed by atoms with Gasteiger partial charge in [-0.15, -0.1) is 11.3 Å². The maximum Gasteiger partial charge on any atom is 0.265 e. The summed E-state index contributed by atoms with van der Waals surface area (Å²) in [5.74, 6) is 5.60. The molecule has 0 fully saturated rings. The van der Waals surface area contributed by atoms with Gasteiger partial charge in [0.25, 0.3) is 5.91 Å². The summed E-state index contributed by atoms with van der Waals surface area (Å²) in [6.07, 6.45) is 0.946. The molecule has 20 heavy (non-hydrogen) atoms. The highest BCUT2D eigenvalue weighted by molar-refractivity contribution is 7.14. The predicted molar refractivity (Wildman–Crippen MR) is 84.0 cm³/mol. The van der Waals surface area contributed by atoms with Gasteiger partial charge in [0.2, 0.25) is 0 Å². The van der Waals surface area contributed by atoms with Gasteiger partial charge in [-0.25, -0.2) is 0 Å². The molecule has 3 N–H and O–H groups in total. The smallest absolute Gasteiger partial charge is 0.265 e. The highest BCUT2D eigenvalue weighted by atomic mass is 32.1. The molecule has 0 saturated carbocycles. The van der Waals surface area contributed by atoms with Gasteiger partial charge in [-0.3, -0.25) is 4.79 Å². The minimum atomic E-state index is -0.107. The van der Waals surface area contributed by atoms with Crippen molar-refractivity contribution in [3.05, 3.63) is 51.7 Å². The Kier molecular flexibility index (Phi) is 4.94. The van der Waals surface area contributed by atoms with E-state index >= 15 is 0 Å². The molecule has 0 radical (unpaired) electrons. The number of thiophene rings is 1. The number of amides is 1. The van der Waals surface area contributed by atoms with E-state index in [-0.39, 0.29) is 5.91 Å². The SMILES string of the molecule is CCc1cccc(NC(=O)c2ccc(C#CCN)s2)c1. The van der Waals surface area contributed by atoms with E-state index in [9.17, 15) is 4.79 Å². The minimum Gasteiger partial charge on any atom is -0.321 e. The second-order valence-corrected chi connectivity index (χ2v) is 5.26. The molecule has 102 valence electrons. The quantitative estimate of drug-likeness (QED) is 0.852. The van der Waals surface area contributed by atoms with Gasteiger partial charge in [-0.1, -0.05) is 30.9 Å². The Bertz CT molecular complexity index is 664. The average Bonchev–Trinajstić information content (AvgIpc) is 2.94. The first-order chi connectivity index (χ1) is 9.72. The standard InChI is InChI=1S/C16H16N2OS/c1-2-12-5-3-6-13(11-12)18-16(19)15-9-8-14(20-15)7-4-10-17/h3,5-6,8-9,11H,2,10,17H2,1H3,(H,18,19). The summed E-state index contributed by atoms with van der Waals surface area (Å²) < 4.78 is 0. The van der Waals surface area contributed by atoms with Crippen LogP contribution in [0.1, 0.15) is 27.0 Å². The largest absolute Gasteiger partial charge is 0.321 e. The summed E-state index contributed by atoms with van der Waals surface area (Å²) in [5, 5.41) is 2.90. The Labute approximate surface area is 122 Å². The van der Waals surface area contributed by atoms with Gasteiger partial charge < -0.3 is 11.1 Å². The molecular formula is C16H16N2OS. The van der Waals surface area contributed by atoms with E-state index in [4.69, 9.17) is 5.73 Å². The van der Waals surface area contributed by atoms with Crippen molar-refractivity contribution in [2.45, 2.75) is 13.3 Å².